The van der Waals surface area contributed by atoms with Crippen LogP contribution in [0.25, 0.3) is 10.9 Å². The highest BCUT2D eigenvalue weighted by atomic mass is 32.2. The van der Waals surface area contributed by atoms with Crippen LogP contribution in [0, 0.1) is 6.92 Å². The van der Waals surface area contributed by atoms with Crippen LogP contribution in [0.4, 0.5) is 5.69 Å². The summed E-state index contributed by atoms with van der Waals surface area (Å²) in [5.41, 5.74) is 3.73. The van der Waals surface area contributed by atoms with E-state index in [2.05, 4.69) is 18.3 Å². The summed E-state index contributed by atoms with van der Waals surface area (Å²) in [6, 6.07) is 13.7. The Labute approximate surface area is 169 Å². The van der Waals surface area contributed by atoms with E-state index in [0.29, 0.717) is 11.4 Å². The fourth-order valence-electron chi connectivity index (χ4n) is 2.92. The number of carbonyl (C=O) groups excluding carboxylic acids is 1. The van der Waals surface area contributed by atoms with Crippen LogP contribution in [0.5, 0.6) is 11.5 Å². The Morgan fingerprint density at radius 2 is 1.93 bits per heavy atom. The van der Waals surface area contributed by atoms with E-state index in [1.54, 1.807) is 14.2 Å². The fraction of sp³-hybridized carbons (Fsp3) is 0.273. The van der Waals surface area contributed by atoms with E-state index < -0.39 is 0 Å². The van der Waals surface area contributed by atoms with Gasteiger partial charge in [0, 0.05) is 11.5 Å². The molecule has 5 nitrogen and oxygen atoms in total. The van der Waals surface area contributed by atoms with Gasteiger partial charge in [-0.1, -0.05) is 24.8 Å². The van der Waals surface area contributed by atoms with Crippen LogP contribution in [-0.4, -0.2) is 30.9 Å². The molecule has 0 atom stereocenters. The number of anilines is 1. The minimum absolute atomic E-state index is 0.0940. The number of fused-ring (bicyclic) bond motifs is 1. The topological polar surface area (TPSA) is 60.5 Å². The third kappa shape index (κ3) is 4.57. The normalized spacial score (nSPS) is 10.7. The van der Waals surface area contributed by atoms with Crippen molar-refractivity contribution >= 4 is 34.3 Å². The maximum atomic E-state index is 12.5. The molecule has 1 amide bonds. The van der Waals surface area contributed by atoms with E-state index >= 15 is 0 Å². The van der Waals surface area contributed by atoms with Crippen molar-refractivity contribution in [1.29, 1.82) is 0 Å². The Hall–Kier alpha value is -2.73. The summed E-state index contributed by atoms with van der Waals surface area (Å²) >= 11 is 1.44. The van der Waals surface area contributed by atoms with Gasteiger partial charge >= 0.3 is 0 Å². The lowest BCUT2D eigenvalue weighted by Gasteiger charge is -2.12. The highest BCUT2D eigenvalue weighted by Gasteiger charge is 2.12. The second kappa shape index (κ2) is 8.97. The van der Waals surface area contributed by atoms with Crippen LogP contribution in [0.3, 0.4) is 0 Å². The number of benzene rings is 2. The molecule has 2 aromatic carbocycles. The number of rotatable bonds is 7. The van der Waals surface area contributed by atoms with Gasteiger partial charge in [-0.3, -0.25) is 4.79 Å². The Bertz CT molecular complexity index is 1000. The monoisotopic (exact) mass is 396 g/mol. The first-order valence-electron chi connectivity index (χ1n) is 9.09. The third-order valence-corrected chi connectivity index (χ3v) is 5.45. The summed E-state index contributed by atoms with van der Waals surface area (Å²) in [5, 5.41) is 4.87. The lowest BCUT2D eigenvalue weighted by molar-refractivity contribution is -0.113. The molecule has 0 fully saturated rings. The summed E-state index contributed by atoms with van der Waals surface area (Å²) in [6.45, 7) is 4.07. The maximum absolute atomic E-state index is 12.5. The molecule has 6 heteroatoms. The molecule has 146 valence electrons. The number of aryl methyl sites for hydroxylation is 2. The molecule has 0 spiro atoms. The van der Waals surface area contributed by atoms with Crippen molar-refractivity contribution in [2.75, 3.05) is 25.3 Å². The molecule has 0 bridgehead atoms. The van der Waals surface area contributed by atoms with Gasteiger partial charge in [0.25, 0.3) is 0 Å². The lowest BCUT2D eigenvalue weighted by Crippen LogP contribution is -2.15. The molecule has 0 aliphatic rings. The van der Waals surface area contributed by atoms with Crippen LogP contribution in [0.15, 0.2) is 47.5 Å². The Balaban J connectivity index is 1.77. The number of nitrogens with zero attached hydrogens (tertiary/aromatic N) is 1. The van der Waals surface area contributed by atoms with Crippen LogP contribution < -0.4 is 14.8 Å². The zero-order valence-electron chi connectivity index (χ0n) is 16.5. The van der Waals surface area contributed by atoms with Gasteiger partial charge in [0.1, 0.15) is 16.5 Å². The molecule has 0 aliphatic carbocycles. The minimum Gasteiger partial charge on any atom is -0.497 e. The smallest absolute Gasteiger partial charge is 0.234 e. The van der Waals surface area contributed by atoms with E-state index in [9.17, 15) is 4.79 Å². The van der Waals surface area contributed by atoms with Crippen LogP contribution in [0.1, 0.15) is 18.1 Å². The zero-order chi connectivity index (χ0) is 20.1. The molecule has 3 rings (SSSR count). The van der Waals surface area contributed by atoms with E-state index in [1.807, 2.05) is 43.3 Å². The van der Waals surface area contributed by atoms with E-state index in [0.717, 1.165) is 39.2 Å². The van der Waals surface area contributed by atoms with Gasteiger partial charge in [-0.25, -0.2) is 4.98 Å². The number of amides is 1. The van der Waals surface area contributed by atoms with Gasteiger partial charge in [0.05, 0.1) is 31.2 Å². The molecule has 0 saturated carbocycles. The number of nitrogens with one attached hydrogen (secondary N) is 1. The van der Waals surface area contributed by atoms with E-state index in [4.69, 9.17) is 14.5 Å². The van der Waals surface area contributed by atoms with E-state index in [1.165, 1.54) is 11.8 Å². The van der Waals surface area contributed by atoms with Gasteiger partial charge in [-0.15, -0.1) is 0 Å². The van der Waals surface area contributed by atoms with Crippen molar-refractivity contribution in [1.82, 2.24) is 4.98 Å². The Morgan fingerprint density at radius 1 is 1.11 bits per heavy atom. The second-order valence-electron chi connectivity index (χ2n) is 6.41. The van der Waals surface area contributed by atoms with Gasteiger partial charge in [0.15, 0.2) is 0 Å². The number of aromatic nitrogens is 1. The molecule has 3 aromatic rings. The number of methoxy groups -OCH3 is 2. The lowest BCUT2D eigenvalue weighted by atomic mass is 10.1. The quantitative estimate of drug-likeness (QED) is 0.578. The first-order chi connectivity index (χ1) is 13.5. The number of ether oxygens (including phenoxy) is 2. The first kappa shape index (κ1) is 20.0. The van der Waals surface area contributed by atoms with Crippen molar-refractivity contribution in [3.05, 3.63) is 53.6 Å². The number of pyridine rings is 1. The SMILES string of the molecule is CCc1cc2ccc(OC)cc2nc1SCC(=O)Nc1cc(C)ccc1OC. The Morgan fingerprint density at radius 3 is 2.64 bits per heavy atom. The number of thioether (sulfide) groups is 1. The van der Waals surface area contributed by atoms with Gasteiger partial charge in [0.2, 0.25) is 5.91 Å². The number of hydrogen-bond acceptors (Lipinski definition) is 5. The standard InChI is InChI=1S/C22H24N2O3S/c1-5-15-11-16-7-8-17(26-3)12-18(16)24-22(15)28-13-21(25)23-19-10-14(2)6-9-20(19)27-4/h6-12H,5,13H2,1-4H3,(H,23,25). The molecule has 28 heavy (non-hydrogen) atoms. The Kier molecular flexibility index (Phi) is 6.41. The molecule has 0 unspecified atom stereocenters. The van der Waals surface area contributed by atoms with Gasteiger partial charge in [-0.2, -0.15) is 0 Å². The molecule has 1 aromatic heterocycles. The van der Waals surface area contributed by atoms with Crippen LogP contribution in [-0.2, 0) is 11.2 Å². The summed E-state index contributed by atoms with van der Waals surface area (Å²) in [7, 11) is 3.23. The number of hydrogen-bond donors (Lipinski definition) is 1. The molecule has 0 aliphatic heterocycles. The predicted octanol–water partition coefficient (Wildman–Crippen LogP) is 4.85. The summed E-state index contributed by atoms with van der Waals surface area (Å²) < 4.78 is 10.6. The average molecular weight is 397 g/mol. The molecular formula is C22H24N2O3S. The highest BCUT2D eigenvalue weighted by Crippen LogP contribution is 2.29. The molecule has 0 radical (unpaired) electrons. The molecule has 1 heterocycles. The summed E-state index contributed by atoms with van der Waals surface area (Å²) in [5.74, 6) is 1.59. The molecule has 0 saturated heterocycles. The predicted molar refractivity (Wildman–Crippen MR) is 115 cm³/mol. The van der Waals surface area contributed by atoms with Crippen molar-refractivity contribution < 1.29 is 14.3 Å². The summed E-state index contributed by atoms with van der Waals surface area (Å²) in [6.07, 6.45) is 0.852. The summed E-state index contributed by atoms with van der Waals surface area (Å²) in [4.78, 5) is 17.3. The van der Waals surface area contributed by atoms with Crippen molar-refractivity contribution in [3.63, 3.8) is 0 Å². The largest absolute Gasteiger partial charge is 0.497 e. The van der Waals surface area contributed by atoms with Crippen LogP contribution in [0.2, 0.25) is 0 Å². The van der Waals surface area contributed by atoms with Crippen LogP contribution >= 0.6 is 11.8 Å². The third-order valence-electron chi connectivity index (χ3n) is 4.41. The highest BCUT2D eigenvalue weighted by molar-refractivity contribution is 8.00. The van der Waals surface area contributed by atoms with Gasteiger partial charge in [-0.05, 0) is 54.8 Å². The fourth-order valence-corrected chi connectivity index (χ4v) is 3.81. The average Bonchev–Trinajstić information content (AvgIpc) is 2.71. The zero-order valence-corrected chi connectivity index (χ0v) is 17.4. The van der Waals surface area contributed by atoms with Crippen molar-refractivity contribution in [3.8, 4) is 11.5 Å². The van der Waals surface area contributed by atoms with E-state index in [-0.39, 0.29) is 11.7 Å². The van der Waals surface area contributed by atoms with Crippen molar-refractivity contribution in [2.24, 2.45) is 0 Å². The van der Waals surface area contributed by atoms with Gasteiger partial charge < -0.3 is 14.8 Å². The molecule has 1 N–H and O–H groups in total. The van der Waals surface area contributed by atoms with Crippen molar-refractivity contribution in [2.45, 2.75) is 25.3 Å². The minimum atomic E-state index is -0.0940. The number of carbonyl (C=O) groups is 1. The maximum Gasteiger partial charge on any atom is 0.234 e. The first-order valence-corrected chi connectivity index (χ1v) is 10.1. The molecular weight excluding hydrogens is 372 g/mol. The second-order valence-corrected chi connectivity index (χ2v) is 7.37.